The van der Waals surface area contributed by atoms with Crippen LogP contribution in [-0.2, 0) is 4.79 Å². The maximum absolute atomic E-state index is 12.5. The third-order valence-electron chi connectivity index (χ3n) is 6.98. The Morgan fingerprint density at radius 3 is 2.49 bits per heavy atom. The van der Waals surface area contributed by atoms with Crippen LogP contribution in [0.3, 0.4) is 0 Å². The Morgan fingerprint density at radius 2 is 1.81 bits per heavy atom. The van der Waals surface area contributed by atoms with E-state index in [2.05, 4.69) is 15.5 Å². The first-order valence-corrected chi connectivity index (χ1v) is 13.4. The van der Waals surface area contributed by atoms with E-state index >= 15 is 0 Å². The minimum Gasteiger partial charge on any atom is -0.465 e. The summed E-state index contributed by atoms with van der Waals surface area (Å²) in [6.45, 7) is 4.15. The molecule has 8 nitrogen and oxygen atoms in total. The number of hydrogen-bond acceptors (Lipinski definition) is 4. The molecule has 1 aliphatic heterocycles. The lowest BCUT2D eigenvalue weighted by molar-refractivity contribution is -0.130. The van der Waals surface area contributed by atoms with Crippen LogP contribution in [0, 0.1) is 0 Å². The molecule has 2 amide bonds. The number of thiocarbonyl (C=S) groups is 1. The van der Waals surface area contributed by atoms with Crippen LogP contribution in [0.15, 0.2) is 48.5 Å². The molecule has 1 aliphatic rings. The molecule has 9 heteroatoms. The smallest absolute Gasteiger partial charge is 0.409 e. The van der Waals surface area contributed by atoms with Gasteiger partial charge in [0, 0.05) is 38.7 Å². The molecule has 0 aliphatic carbocycles. The summed E-state index contributed by atoms with van der Waals surface area (Å²) in [5.74, 6) is 0.462. The zero-order valence-corrected chi connectivity index (χ0v) is 22.4. The standard InChI is InChI=1S/C28H39N5O3S/c1-32(25(34)13-6-3-7-16-30-27(29)37)19-20-33-17-14-22(15-18-33)24-12-8-11-23(26(24)31-28(35)36)21-9-4-2-5-10-21/h2,4-5,8-12,22,31H,3,6-7,13-20H2,1H3,(H,35,36)(H3,29,30,37). The molecule has 1 saturated heterocycles. The summed E-state index contributed by atoms with van der Waals surface area (Å²) < 4.78 is 0. The van der Waals surface area contributed by atoms with Crippen LogP contribution < -0.4 is 16.4 Å². The summed E-state index contributed by atoms with van der Waals surface area (Å²) in [5.41, 5.74) is 9.05. The fourth-order valence-electron chi connectivity index (χ4n) is 4.88. The number of nitrogens with one attached hydrogen (secondary N) is 2. The maximum Gasteiger partial charge on any atom is 0.409 e. The van der Waals surface area contributed by atoms with Crippen LogP contribution in [0.25, 0.3) is 11.1 Å². The number of nitrogens with zero attached hydrogens (tertiary/aromatic N) is 2. The minimum atomic E-state index is -1.05. The number of unbranched alkanes of at least 4 members (excludes halogenated alkanes) is 2. The zero-order valence-electron chi connectivity index (χ0n) is 21.6. The summed E-state index contributed by atoms with van der Waals surface area (Å²) in [6.07, 6.45) is 4.18. The molecule has 3 rings (SSSR count). The monoisotopic (exact) mass is 525 g/mol. The lowest BCUT2D eigenvalue weighted by Gasteiger charge is -2.34. The van der Waals surface area contributed by atoms with Gasteiger partial charge in [0.2, 0.25) is 5.91 Å². The van der Waals surface area contributed by atoms with Crippen LogP contribution in [-0.4, -0.2) is 71.8 Å². The Balaban J connectivity index is 1.48. The Morgan fingerprint density at radius 1 is 1.08 bits per heavy atom. The van der Waals surface area contributed by atoms with Crippen molar-refractivity contribution in [3.05, 3.63) is 54.1 Å². The number of para-hydroxylation sites is 1. The van der Waals surface area contributed by atoms with Gasteiger partial charge in [-0.2, -0.15) is 0 Å². The van der Waals surface area contributed by atoms with Gasteiger partial charge in [0.05, 0.1) is 5.69 Å². The van der Waals surface area contributed by atoms with E-state index in [1.165, 1.54) is 0 Å². The number of carbonyl (C=O) groups excluding carboxylic acids is 1. The van der Waals surface area contributed by atoms with Gasteiger partial charge < -0.3 is 26.0 Å². The van der Waals surface area contributed by atoms with E-state index in [0.29, 0.717) is 23.8 Å². The summed E-state index contributed by atoms with van der Waals surface area (Å²) >= 11 is 4.79. The zero-order chi connectivity index (χ0) is 26.6. The Bertz CT molecular complexity index is 1040. The van der Waals surface area contributed by atoms with Crippen LogP contribution in [0.5, 0.6) is 0 Å². The molecule has 0 bridgehead atoms. The van der Waals surface area contributed by atoms with Crippen molar-refractivity contribution < 1.29 is 14.7 Å². The second-order valence-electron chi connectivity index (χ2n) is 9.60. The van der Waals surface area contributed by atoms with Gasteiger partial charge in [0.1, 0.15) is 0 Å². The number of nitrogens with two attached hydrogens (primary N) is 1. The minimum absolute atomic E-state index is 0.180. The maximum atomic E-state index is 12.5. The number of rotatable bonds is 12. The molecule has 2 aromatic rings. The molecule has 2 aromatic carbocycles. The molecule has 37 heavy (non-hydrogen) atoms. The van der Waals surface area contributed by atoms with E-state index in [-0.39, 0.29) is 11.8 Å². The predicted octanol–water partition coefficient (Wildman–Crippen LogP) is 4.47. The van der Waals surface area contributed by atoms with E-state index in [1.54, 1.807) is 0 Å². The summed E-state index contributed by atoms with van der Waals surface area (Å²) in [5, 5.41) is 15.4. The van der Waals surface area contributed by atoms with Crippen LogP contribution in [0.1, 0.15) is 50.0 Å². The first-order valence-electron chi connectivity index (χ1n) is 13.0. The number of likely N-dealkylation sites (N-methyl/N-ethyl adjacent to an activating group) is 1. The van der Waals surface area contributed by atoms with Crippen molar-refractivity contribution in [2.24, 2.45) is 5.73 Å². The molecule has 0 atom stereocenters. The first kappa shape index (κ1) is 28.4. The molecule has 5 N–H and O–H groups in total. The molecule has 200 valence electrons. The summed E-state index contributed by atoms with van der Waals surface area (Å²) in [7, 11) is 1.88. The third-order valence-corrected chi connectivity index (χ3v) is 7.13. The van der Waals surface area contributed by atoms with Gasteiger partial charge in [0.25, 0.3) is 0 Å². The molecule has 0 spiro atoms. The van der Waals surface area contributed by atoms with Gasteiger partial charge in [-0.1, -0.05) is 55.0 Å². The summed E-state index contributed by atoms with van der Waals surface area (Å²) in [6, 6.07) is 15.9. The van der Waals surface area contributed by atoms with Crippen molar-refractivity contribution >= 4 is 35.0 Å². The van der Waals surface area contributed by atoms with E-state index < -0.39 is 6.09 Å². The predicted molar refractivity (Wildman–Crippen MR) is 153 cm³/mol. The normalized spacial score (nSPS) is 14.2. The van der Waals surface area contributed by atoms with Crippen molar-refractivity contribution in [1.29, 1.82) is 0 Å². The largest absolute Gasteiger partial charge is 0.465 e. The highest BCUT2D eigenvalue weighted by atomic mass is 32.1. The van der Waals surface area contributed by atoms with Crippen molar-refractivity contribution in [3.63, 3.8) is 0 Å². The fraction of sp³-hybridized carbons (Fsp3) is 0.464. The van der Waals surface area contributed by atoms with E-state index in [4.69, 9.17) is 18.0 Å². The number of carbonyl (C=O) groups is 2. The second-order valence-corrected chi connectivity index (χ2v) is 10.0. The number of amides is 2. The quantitative estimate of drug-likeness (QED) is 0.239. The number of benzene rings is 2. The molecule has 0 aromatic heterocycles. The van der Waals surface area contributed by atoms with Crippen molar-refractivity contribution in [2.45, 2.75) is 44.4 Å². The lowest BCUT2D eigenvalue weighted by Crippen LogP contribution is -2.40. The molecule has 1 heterocycles. The molecule has 0 radical (unpaired) electrons. The topological polar surface area (TPSA) is 111 Å². The van der Waals surface area contributed by atoms with Crippen molar-refractivity contribution in [2.75, 3.05) is 45.1 Å². The number of likely N-dealkylation sites (tertiary alicyclic amines) is 1. The first-order chi connectivity index (χ1) is 17.8. The lowest BCUT2D eigenvalue weighted by atomic mass is 9.86. The highest BCUT2D eigenvalue weighted by Crippen LogP contribution is 2.38. The Hall–Kier alpha value is -3.17. The molecule has 1 fully saturated rings. The second kappa shape index (κ2) is 14.5. The van der Waals surface area contributed by atoms with Gasteiger partial charge >= 0.3 is 6.09 Å². The van der Waals surface area contributed by atoms with E-state index in [1.807, 2.05) is 60.5 Å². The van der Waals surface area contributed by atoms with E-state index in [9.17, 15) is 14.7 Å². The Kier molecular flexibility index (Phi) is 11.2. The number of piperidine rings is 1. The molecular formula is C28H39N5O3S. The molecule has 0 saturated carbocycles. The van der Waals surface area contributed by atoms with Gasteiger partial charge in [-0.3, -0.25) is 10.1 Å². The van der Waals surface area contributed by atoms with Gasteiger partial charge in [-0.05, 0) is 68.0 Å². The Labute approximate surface area is 225 Å². The molecular weight excluding hydrogens is 486 g/mol. The van der Waals surface area contributed by atoms with Gasteiger partial charge in [-0.25, -0.2) is 4.79 Å². The average molecular weight is 526 g/mol. The molecule has 0 unspecified atom stereocenters. The van der Waals surface area contributed by atoms with Crippen LogP contribution in [0.2, 0.25) is 0 Å². The van der Waals surface area contributed by atoms with Crippen LogP contribution in [0.4, 0.5) is 10.5 Å². The number of carboxylic acid groups (broad SMARTS) is 1. The SMILES string of the molecule is CN(CCN1CCC(c2cccc(-c3ccccc3)c2NC(=O)O)CC1)C(=O)CCCCCNC(N)=S. The number of hydrogen-bond donors (Lipinski definition) is 4. The summed E-state index contributed by atoms with van der Waals surface area (Å²) in [4.78, 5) is 28.3. The van der Waals surface area contributed by atoms with Crippen molar-refractivity contribution in [1.82, 2.24) is 15.1 Å². The fourth-order valence-corrected chi connectivity index (χ4v) is 4.98. The average Bonchev–Trinajstić information content (AvgIpc) is 2.89. The highest BCUT2D eigenvalue weighted by molar-refractivity contribution is 7.80. The number of anilines is 1. The van der Waals surface area contributed by atoms with Gasteiger partial charge in [-0.15, -0.1) is 0 Å². The van der Waals surface area contributed by atoms with Crippen molar-refractivity contribution in [3.8, 4) is 11.1 Å². The van der Waals surface area contributed by atoms with E-state index in [0.717, 1.165) is 75.0 Å². The van der Waals surface area contributed by atoms with Crippen LogP contribution >= 0.6 is 12.2 Å². The highest BCUT2D eigenvalue weighted by Gasteiger charge is 2.25. The van der Waals surface area contributed by atoms with Gasteiger partial charge in [0.15, 0.2) is 5.11 Å². The third kappa shape index (κ3) is 9.02.